The van der Waals surface area contributed by atoms with Gasteiger partial charge in [-0.1, -0.05) is 5.92 Å². The van der Waals surface area contributed by atoms with Crippen LogP contribution in [-0.4, -0.2) is 16.8 Å². The summed E-state index contributed by atoms with van der Waals surface area (Å²) in [5, 5.41) is 16.0. The first-order chi connectivity index (χ1) is 3.41. The van der Waals surface area contributed by atoms with E-state index in [9.17, 15) is 0 Å². The van der Waals surface area contributed by atoms with Crippen LogP contribution in [0.25, 0.3) is 0 Å². The fourth-order valence-corrected chi connectivity index (χ4v) is 0.223. The van der Waals surface area contributed by atoms with Crippen molar-refractivity contribution in [2.45, 2.75) is 12.8 Å². The van der Waals surface area contributed by atoms with Crippen molar-refractivity contribution in [2.75, 3.05) is 6.61 Å². The fraction of sp³-hybridized carbons (Fsp3) is 0.600. The summed E-state index contributed by atoms with van der Waals surface area (Å²) in [5.41, 5.74) is 0. The van der Waals surface area contributed by atoms with Gasteiger partial charge in [0.2, 0.25) is 0 Å². The molecular weight excluding hydrogens is 92.1 g/mol. The summed E-state index contributed by atoms with van der Waals surface area (Å²) < 4.78 is 0. The van der Waals surface area contributed by atoms with Crippen LogP contribution in [0.5, 0.6) is 0 Å². The van der Waals surface area contributed by atoms with Gasteiger partial charge in [0.25, 0.3) is 0 Å². The van der Waals surface area contributed by atoms with E-state index in [1.807, 2.05) is 0 Å². The molecule has 0 aliphatic carbocycles. The quantitative estimate of drug-likeness (QED) is 0.381. The molecule has 0 unspecified atom stereocenters. The number of unbranched alkanes of at least 4 members (excludes halogenated alkanes) is 1. The lowest BCUT2D eigenvalue weighted by molar-refractivity contribution is 0.290. The van der Waals surface area contributed by atoms with Crippen molar-refractivity contribution in [3.05, 3.63) is 0 Å². The lowest BCUT2D eigenvalue weighted by atomic mass is 10.3. The van der Waals surface area contributed by atoms with Crippen molar-refractivity contribution in [3.63, 3.8) is 0 Å². The largest absolute Gasteiger partial charge is 0.462 e. The second-order valence-electron chi connectivity index (χ2n) is 1.12. The van der Waals surface area contributed by atoms with Crippen LogP contribution >= 0.6 is 0 Å². The Hall–Kier alpha value is -0.680. The van der Waals surface area contributed by atoms with E-state index in [4.69, 9.17) is 10.2 Å². The highest BCUT2D eigenvalue weighted by molar-refractivity contribution is 4.88. The molecule has 7 heavy (non-hydrogen) atoms. The SMILES string of the molecule is OC#CCCCO. The molecule has 0 aliphatic rings. The zero-order chi connectivity index (χ0) is 5.54. The minimum absolute atomic E-state index is 0.147. The fourth-order valence-electron chi connectivity index (χ4n) is 0.223. The van der Waals surface area contributed by atoms with Gasteiger partial charge in [-0.15, -0.1) is 0 Å². The summed E-state index contributed by atoms with van der Waals surface area (Å²) in [4.78, 5) is 0. The Morgan fingerprint density at radius 2 is 2.14 bits per heavy atom. The smallest absolute Gasteiger partial charge is 0.107 e. The molecule has 0 heterocycles. The molecule has 0 aromatic carbocycles. The molecule has 0 aromatic heterocycles. The third kappa shape index (κ3) is 5.32. The third-order valence-corrected chi connectivity index (χ3v) is 0.539. The molecular formula is C5H8O2. The van der Waals surface area contributed by atoms with Crippen molar-refractivity contribution >= 4 is 0 Å². The molecule has 0 bridgehead atoms. The van der Waals surface area contributed by atoms with Gasteiger partial charge in [0.05, 0.1) is 0 Å². The first-order valence-corrected chi connectivity index (χ1v) is 2.14. The topological polar surface area (TPSA) is 40.5 Å². The molecule has 0 saturated heterocycles. The molecule has 0 aromatic rings. The minimum Gasteiger partial charge on any atom is -0.462 e. The zero-order valence-corrected chi connectivity index (χ0v) is 4.02. The van der Waals surface area contributed by atoms with Crippen LogP contribution in [0.3, 0.4) is 0 Å². The summed E-state index contributed by atoms with van der Waals surface area (Å²) in [7, 11) is 0. The van der Waals surface area contributed by atoms with E-state index in [1.165, 1.54) is 0 Å². The summed E-state index contributed by atoms with van der Waals surface area (Å²) in [6, 6.07) is 0. The van der Waals surface area contributed by atoms with E-state index in [0.717, 1.165) is 0 Å². The monoisotopic (exact) mass is 100 g/mol. The Labute approximate surface area is 42.8 Å². The average Bonchev–Trinajstić information content (AvgIpc) is 1.69. The molecule has 0 atom stereocenters. The van der Waals surface area contributed by atoms with E-state index in [1.54, 1.807) is 6.11 Å². The molecule has 40 valence electrons. The highest BCUT2D eigenvalue weighted by Gasteiger charge is 1.74. The molecule has 0 spiro atoms. The Morgan fingerprint density at radius 3 is 2.57 bits per heavy atom. The molecule has 2 N–H and O–H groups in total. The van der Waals surface area contributed by atoms with E-state index < -0.39 is 0 Å². The van der Waals surface area contributed by atoms with Gasteiger partial charge in [-0.25, -0.2) is 0 Å². The summed E-state index contributed by atoms with van der Waals surface area (Å²) in [5.74, 6) is 2.39. The maximum absolute atomic E-state index is 8.14. The van der Waals surface area contributed by atoms with Gasteiger partial charge in [-0.05, 0) is 6.42 Å². The van der Waals surface area contributed by atoms with Crippen LogP contribution in [0.15, 0.2) is 0 Å². The highest BCUT2D eigenvalue weighted by atomic mass is 16.3. The van der Waals surface area contributed by atoms with Crippen molar-refractivity contribution in [1.82, 2.24) is 0 Å². The molecule has 0 aliphatic heterocycles. The van der Waals surface area contributed by atoms with Crippen LogP contribution in [0.4, 0.5) is 0 Å². The predicted octanol–water partition coefficient (Wildman–Crippen LogP) is 0.0923. The first-order valence-electron chi connectivity index (χ1n) is 2.14. The van der Waals surface area contributed by atoms with Gasteiger partial charge in [0, 0.05) is 13.0 Å². The van der Waals surface area contributed by atoms with Crippen LogP contribution < -0.4 is 0 Å². The van der Waals surface area contributed by atoms with Crippen molar-refractivity contribution < 1.29 is 10.2 Å². The first kappa shape index (κ1) is 6.32. The molecule has 0 radical (unpaired) electrons. The number of hydrogen-bond acceptors (Lipinski definition) is 2. The Balaban J connectivity index is 2.78. The van der Waals surface area contributed by atoms with Crippen LogP contribution in [0, 0.1) is 12.0 Å². The van der Waals surface area contributed by atoms with Gasteiger partial charge < -0.3 is 10.2 Å². The third-order valence-electron chi connectivity index (χ3n) is 0.539. The zero-order valence-electron chi connectivity index (χ0n) is 4.02. The highest BCUT2D eigenvalue weighted by Crippen LogP contribution is 1.80. The summed E-state index contributed by atoms with van der Waals surface area (Å²) in [6.45, 7) is 0.147. The Bertz CT molecular complexity index is 77.8. The van der Waals surface area contributed by atoms with Gasteiger partial charge in [-0.3, -0.25) is 0 Å². The van der Waals surface area contributed by atoms with Gasteiger partial charge in [-0.2, -0.15) is 0 Å². The van der Waals surface area contributed by atoms with E-state index in [2.05, 4.69) is 5.92 Å². The molecule has 0 fully saturated rings. The van der Waals surface area contributed by atoms with E-state index in [-0.39, 0.29) is 6.61 Å². The molecule has 0 rings (SSSR count). The number of rotatable bonds is 2. The van der Waals surface area contributed by atoms with E-state index in [0.29, 0.717) is 12.8 Å². The minimum atomic E-state index is 0.147. The van der Waals surface area contributed by atoms with Crippen molar-refractivity contribution in [1.29, 1.82) is 0 Å². The second-order valence-corrected chi connectivity index (χ2v) is 1.12. The van der Waals surface area contributed by atoms with E-state index >= 15 is 0 Å². The lowest BCUT2D eigenvalue weighted by Gasteiger charge is -1.80. The van der Waals surface area contributed by atoms with Gasteiger partial charge >= 0.3 is 0 Å². The number of aliphatic hydroxyl groups excluding tert-OH is 2. The molecule has 2 nitrogen and oxygen atoms in total. The Morgan fingerprint density at radius 1 is 1.43 bits per heavy atom. The van der Waals surface area contributed by atoms with Crippen molar-refractivity contribution in [3.8, 4) is 12.0 Å². The average molecular weight is 100 g/mol. The van der Waals surface area contributed by atoms with Crippen molar-refractivity contribution in [2.24, 2.45) is 0 Å². The maximum atomic E-state index is 8.14. The van der Waals surface area contributed by atoms with Gasteiger partial charge in [0.1, 0.15) is 6.11 Å². The normalized spacial score (nSPS) is 7.00. The van der Waals surface area contributed by atoms with Crippen LogP contribution in [0.2, 0.25) is 0 Å². The number of aliphatic hydroxyl groups is 2. The Kier molecular flexibility index (Phi) is 4.80. The predicted molar refractivity (Wildman–Crippen MR) is 26.0 cm³/mol. The molecule has 2 heteroatoms. The second kappa shape index (κ2) is 5.32. The van der Waals surface area contributed by atoms with Gasteiger partial charge in [0.15, 0.2) is 0 Å². The number of hydrogen-bond donors (Lipinski definition) is 2. The van der Waals surface area contributed by atoms with Crippen LogP contribution in [-0.2, 0) is 0 Å². The maximum Gasteiger partial charge on any atom is 0.107 e. The lowest BCUT2D eigenvalue weighted by Crippen LogP contribution is -1.77. The van der Waals surface area contributed by atoms with Crippen LogP contribution in [0.1, 0.15) is 12.8 Å². The molecule has 0 amide bonds. The summed E-state index contributed by atoms with van der Waals surface area (Å²) in [6.07, 6.45) is 2.96. The molecule has 0 saturated carbocycles. The summed E-state index contributed by atoms with van der Waals surface area (Å²) >= 11 is 0. The standard InChI is InChI=1S/C5H8O2/c6-4-2-1-3-5-7/h6-7H,1-2,4H2.